The van der Waals surface area contributed by atoms with Gasteiger partial charge in [0.2, 0.25) is 12.7 Å². The van der Waals surface area contributed by atoms with Crippen molar-refractivity contribution in [1.29, 1.82) is 0 Å². The Morgan fingerprint density at radius 2 is 2.00 bits per heavy atom. The van der Waals surface area contributed by atoms with E-state index in [1.165, 1.54) is 14.2 Å². The van der Waals surface area contributed by atoms with Crippen LogP contribution in [-0.2, 0) is 4.79 Å². The Morgan fingerprint density at radius 1 is 1.17 bits per heavy atom. The van der Waals surface area contributed by atoms with Crippen LogP contribution in [0.25, 0.3) is 0 Å². The molecule has 2 amide bonds. The Morgan fingerprint density at radius 3 is 2.79 bits per heavy atom. The maximum atomic E-state index is 12.6. The zero-order valence-electron chi connectivity index (χ0n) is 16.3. The van der Waals surface area contributed by atoms with Gasteiger partial charge in [0, 0.05) is 37.2 Å². The number of hydrogen-bond donors (Lipinski definition) is 1. The maximum Gasteiger partial charge on any atom is 0.255 e. The Kier molecular flexibility index (Phi) is 5.16. The highest BCUT2D eigenvalue weighted by Gasteiger charge is 2.32. The van der Waals surface area contributed by atoms with Crippen molar-refractivity contribution < 1.29 is 28.5 Å². The van der Waals surface area contributed by atoms with Crippen LogP contribution in [0.5, 0.6) is 23.0 Å². The summed E-state index contributed by atoms with van der Waals surface area (Å²) in [6.07, 6.45) is 0.365. The van der Waals surface area contributed by atoms with Crippen molar-refractivity contribution in [2.24, 2.45) is 5.92 Å². The van der Waals surface area contributed by atoms with Crippen molar-refractivity contribution in [3.8, 4) is 23.0 Å². The number of hydrogen-bond acceptors (Lipinski definition) is 6. The topological polar surface area (TPSA) is 86.3 Å². The number of carbonyl (C=O) groups excluding carboxylic acids is 2. The summed E-state index contributed by atoms with van der Waals surface area (Å²) in [5.74, 6) is 1.95. The fourth-order valence-electron chi connectivity index (χ4n) is 3.62. The van der Waals surface area contributed by atoms with Crippen LogP contribution in [-0.4, -0.2) is 45.9 Å². The monoisotopic (exact) mass is 398 g/mol. The normalized spacial score (nSPS) is 17.4. The highest BCUT2D eigenvalue weighted by Crippen LogP contribution is 2.37. The van der Waals surface area contributed by atoms with Gasteiger partial charge in [0.25, 0.3) is 5.91 Å². The van der Waals surface area contributed by atoms with E-state index in [2.05, 4.69) is 5.32 Å². The van der Waals surface area contributed by atoms with E-state index in [0.29, 0.717) is 48.1 Å². The maximum absolute atomic E-state index is 12.6. The first-order chi connectivity index (χ1) is 14.1. The van der Waals surface area contributed by atoms with Gasteiger partial charge in [-0.1, -0.05) is 6.07 Å². The Bertz CT molecular complexity index is 945. The first kappa shape index (κ1) is 18.9. The van der Waals surface area contributed by atoms with Crippen LogP contribution in [0.4, 0.5) is 5.69 Å². The van der Waals surface area contributed by atoms with Crippen molar-refractivity contribution in [3.05, 3.63) is 42.0 Å². The third-order valence-electron chi connectivity index (χ3n) is 5.07. The molecule has 2 aliphatic rings. The summed E-state index contributed by atoms with van der Waals surface area (Å²) in [7, 11) is 3.02. The van der Waals surface area contributed by atoms with Gasteiger partial charge in [-0.3, -0.25) is 9.59 Å². The standard InChI is InChI=1S/C21H22N2O6/c1-26-17-5-3-4-15(20(17)27-2)21(25)22-10-13-8-19(24)23(11-13)14-6-7-16-18(9-14)29-12-28-16/h3-7,9,13H,8,10-12H2,1-2H3,(H,22,25). The lowest BCUT2D eigenvalue weighted by atomic mass is 10.1. The van der Waals surface area contributed by atoms with Crippen LogP contribution in [0, 0.1) is 5.92 Å². The van der Waals surface area contributed by atoms with E-state index in [4.69, 9.17) is 18.9 Å². The summed E-state index contributed by atoms with van der Waals surface area (Å²) >= 11 is 0. The summed E-state index contributed by atoms with van der Waals surface area (Å²) < 4.78 is 21.3. The first-order valence-electron chi connectivity index (χ1n) is 9.30. The Hall–Kier alpha value is -3.42. The fourth-order valence-corrected chi connectivity index (χ4v) is 3.62. The van der Waals surface area contributed by atoms with E-state index < -0.39 is 0 Å². The molecule has 0 aromatic heterocycles. The lowest BCUT2D eigenvalue weighted by Crippen LogP contribution is -2.31. The van der Waals surface area contributed by atoms with E-state index in [1.54, 1.807) is 29.2 Å². The van der Waals surface area contributed by atoms with Crippen LogP contribution < -0.4 is 29.2 Å². The predicted molar refractivity (Wildman–Crippen MR) is 105 cm³/mol. The molecule has 0 saturated carbocycles. The number of amides is 2. The average Bonchev–Trinajstić information content (AvgIpc) is 3.36. The molecule has 1 fully saturated rings. The number of rotatable bonds is 6. The molecule has 29 heavy (non-hydrogen) atoms. The highest BCUT2D eigenvalue weighted by atomic mass is 16.7. The number of carbonyl (C=O) groups is 2. The van der Waals surface area contributed by atoms with Crippen molar-refractivity contribution in [2.75, 3.05) is 39.0 Å². The van der Waals surface area contributed by atoms with Gasteiger partial charge < -0.3 is 29.2 Å². The largest absolute Gasteiger partial charge is 0.493 e. The Balaban J connectivity index is 1.40. The second-order valence-corrected chi connectivity index (χ2v) is 6.86. The molecule has 2 aliphatic heterocycles. The van der Waals surface area contributed by atoms with Gasteiger partial charge >= 0.3 is 0 Å². The van der Waals surface area contributed by atoms with Crippen LogP contribution in [0.2, 0.25) is 0 Å². The molecule has 0 spiro atoms. The molecule has 1 atom stereocenters. The third-order valence-corrected chi connectivity index (χ3v) is 5.07. The summed E-state index contributed by atoms with van der Waals surface area (Å²) in [6.45, 7) is 1.09. The molecule has 0 bridgehead atoms. The lowest BCUT2D eigenvalue weighted by Gasteiger charge is -2.18. The van der Waals surface area contributed by atoms with Crippen molar-refractivity contribution in [3.63, 3.8) is 0 Å². The van der Waals surface area contributed by atoms with E-state index in [1.807, 2.05) is 12.1 Å². The van der Waals surface area contributed by atoms with Gasteiger partial charge in [0.15, 0.2) is 23.0 Å². The van der Waals surface area contributed by atoms with Gasteiger partial charge in [0.05, 0.1) is 19.8 Å². The summed E-state index contributed by atoms with van der Waals surface area (Å²) in [4.78, 5) is 26.8. The minimum absolute atomic E-state index is 0.00785. The zero-order valence-corrected chi connectivity index (χ0v) is 16.3. The molecule has 8 heteroatoms. The number of nitrogens with zero attached hydrogens (tertiary/aromatic N) is 1. The van der Waals surface area contributed by atoms with Crippen LogP contribution in [0.15, 0.2) is 36.4 Å². The Labute approximate surface area is 168 Å². The molecule has 1 N–H and O–H groups in total. The lowest BCUT2D eigenvalue weighted by molar-refractivity contribution is -0.117. The van der Waals surface area contributed by atoms with E-state index in [-0.39, 0.29) is 24.5 Å². The molecule has 2 heterocycles. The highest BCUT2D eigenvalue weighted by molar-refractivity contribution is 5.98. The molecular weight excluding hydrogens is 376 g/mol. The molecule has 0 radical (unpaired) electrons. The molecule has 8 nitrogen and oxygen atoms in total. The number of nitrogens with one attached hydrogen (secondary N) is 1. The summed E-state index contributed by atoms with van der Waals surface area (Å²) in [5, 5.41) is 2.90. The van der Waals surface area contributed by atoms with Crippen LogP contribution in [0.3, 0.4) is 0 Å². The second kappa shape index (κ2) is 7.90. The second-order valence-electron chi connectivity index (χ2n) is 6.86. The van der Waals surface area contributed by atoms with Crippen LogP contribution >= 0.6 is 0 Å². The quantitative estimate of drug-likeness (QED) is 0.803. The number of benzene rings is 2. The van der Waals surface area contributed by atoms with Crippen molar-refractivity contribution in [1.82, 2.24) is 5.32 Å². The smallest absolute Gasteiger partial charge is 0.255 e. The van der Waals surface area contributed by atoms with Crippen LogP contribution in [0.1, 0.15) is 16.8 Å². The molecule has 4 rings (SSSR count). The van der Waals surface area contributed by atoms with Gasteiger partial charge in [-0.15, -0.1) is 0 Å². The molecule has 1 unspecified atom stereocenters. The molecular formula is C21H22N2O6. The van der Waals surface area contributed by atoms with Crippen molar-refractivity contribution in [2.45, 2.75) is 6.42 Å². The zero-order chi connectivity index (χ0) is 20.4. The van der Waals surface area contributed by atoms with Gasteiger partial charge in [-0.05, 0) is 24.3 Å². The summed E-state index contributed by atoms with van der Waals surface area (Å²) in [6, 6.07) is 10.6. The predicted octanol–water partition coefficient (Wildman–Crippen LogP) is 2.22. The summed E-state index contributed by atoms with van der Waals surface area (Å²) in [5.41, 5.74) is 1.16. The van der Waals surface area contributed by atoms with Gasteiger partial charge in [0.1, 0.15) is 0 Å². The number of anilines is 1. The molecule has 152 valence electrons. The third kappa shape index (κ3) is 3.65. The number of para-hydroxylation sites is 1. The molecule has 1 saturated heterocycles. The van der Waals surface area contributed by atoms with Crippen molar-refractivity contribution >= 4 is 17.5 Å². The minimum atomic E-state index is -0.269. The minimum Gasteiger partial charge on any atom is -0.493 e. The number of ether oxygens (including phenoxy) is 4. The van der Waals surface area contributed by atoms with Gasteiger partial charge in [-0.25, -0.2) is 0 Å². The SMILES string of the molecule is COc1cccc(C(=O)NCC2CC(=O)N(c3ccc4c(c3)OCO4)C2)c1OC. The molecule has 2 aromatic carbocycles. The number of fused-ring (bicyclic) bond motifs is 1. The number of methoxy groups -OCH3 is 2. The van der Waals surface area contributed by atoms with Gasteiger partial charge in [-0.2, -0.15) is 0 Å². The molecule has 0 aliphatic carbocycles. The average molecular weight is 398 g/mol. The van der Waals surface area contributed by atoms with E-state index in [9.17, 15) is 9.59 Å². The van der Waals surface area contributed by atoms with E-state index in [0.717, 1.165) is 5.69 Å². The fraction of sp³-hybridized carbons (Fsp3) is 0.333. The first-order valence-corrected chi connectivity index (χ1v) is 9.30. The van der Waals surface area contributed by atoms with E-state index >= 15 is 0 Å². The molecule has 2 aromatic rings.